The molecule has 0 radical (unpaired) electrons. The van der Waals surface area contributed by atoms with Gasteiger partial charge in [-0.1, -0.05) is 0 Å². The Bertz CT molecular complexity index is 137. The van der Waals surface area contributed by atoms with Gasteiger partial charge in [-0.3, -0.25) is 5.32 Å². The van der Waals surface area contributed by atoms with Gasteiger partial charge in [0, 0.05) is 18.9 Å². The molecule has 6 heteroatoms. The molecule has 0 unspecified atom stereocenters. The zero-order chi connectivity index (χ0) is 8.70. The molecule has 0 aromatic heterocycles. The summed E-state index contributed by atoms with van der Waals surface area (Å²) in [4.78, 5) is 0. The van der Waals surface area contributed by atoms with Crippen LogP contribution < -0.4 is 34.0 Å². The average molecular weight is 160 g/mol. The van der Waals surface area contributed by atoms with Crippen LogP contribution in [-0.4, -0.2) is 17.6 Å². The molecule has 0 bridgehead atoms. The lowest BCUT2D eigenvalue weighted by atomic mass is 9.96. The summed E-state index contributed by atoms with van der Waals surface area (Å²) in [6.45, 7) is 0. The van der Waals surface area contributed by atoms with Crippen molar-refractivity contribution in [3.63, 3.8) is 0 Å². The van der Waals surface area contributed by atoms with Crippen molar-refractivity contribution < 1.29 is 0 Å². The topological polar surface area (TPSA) is 142 Å². The third-order valence-corrected chi connectivity index (χ3v) is 1.67. The zero-order valence-electron chi connectivity index (χ0n) is 6.38. The second-order valence-corrected chi connectivity index (χ2v) is 3.37. The maximum atomic E-state index is 5.63. The lowest BCUT2D eigenvalue weighted by Crippen LogP contribution is -2.80. The highest BCUT2D eigenvalue weighted by molar-refractivity contribution is 4.95. The Kier molecular flexibility index (Phi) is 1.91. The molecule has 11 heavy (non-hydrogen) atoms. The molecule has 0 aliphatic carbocycles. The van der Waals surface area contributed by atoms with Crippen LogP contribution in [0.15, 0.2) is 0 Å². The fourth-order valence-electron chi connectivity index (χ4n) is 1.48. The summed E-state index contributed by atoms with van der Waals surface area (Å²) < 4.78 is 0. The fourth-order valence-corrected chi connectivity index (χ4v) is 1.48. The highest BCUT2D eigenvalue weighted by atomic mass is 15.4. The quantitative estimate of drug-likeness (QED) is 0.206. The Labute approximate surface area is 65.4 Å². The van der Waals surface area contributed by atoms with E-state index >= 15 is 0 Å². The molecule has 1 aliphatic rings. The van der Waals surface area contributed by atoms with Crippen molar-refractivity contribution in [3.8, 4) is 0 Å². The molecule has 6 nitrogen and oxygen atoms in total. The Hall–Kier alpha value is -0.240. The first kappa shape index (κ1) is 8.85. The van der Waals surface area contributed by atoms with E-state index in [2.05, 4.69) is 5.32 Å². The van der Waals surface area contributed by atoms with Crippen molar-refractivity contribution in [2.24, 2.45) is 28.7 Å². The molecule has 0 aromatic rings. The predicted octanol–water partition coefficient (Wildman–Crippen LogP) is -3.16. The van der Waals surface area contributed by atoms with Crippen LogP contribution in [-0.2, 0) is 0 Å². The van der Waals surface area contributed by atoms with Crippen LogP contribution in [0.4, 0.5) is 0 Å². The third kappa shape index (κ3) is 2.37. The van der Waals surface area contributed by atoms with Gasteiger partial charge in [0.25, 0.3) is 0 Å². The lowest BCUT2D eigenvalue weighted by molar-refractivity contribution is 0.127. The molecular formula is C5H16N6. The van der Waals surface area contributed by atoms with Crippen molar-refractivity contribution in [3.05, 3.63) is 0 Å². The van der Waals surface area contributed by atoms with Gasteiger partial charge in [-0.15, -0.1) is 0 Å². The Morgan fingerprint density at radius 1 is 1.00 bits per heavy atom. The molecule has 0 atom stereocenters. The highest BCUT2D eigenvalue weighted by Crippen LogP contribution is 2.14. The summed E-state index contributed by atoms with van der Waals surface area (Å²) in [5.41, 5.74) is 27.9. The number of nitrogens with two attached hydrogens (primary N) is 5. The van der Waals surface area contributed by atoms with Gasteiger partial charge in [-0.25, -0.2) is 0 Å². The van der Waals surface area contributed by atoms with E-state index in [9.17, 15) is 0 Å². The molecule has 1 aliphatic heterocycles. The molecule has 0 saturated carbocycles. The summed E-state index contributed by atoms with van der Waals surface area (Å²) in [5, 5.41) is 2.69. The number of piperidine rings is 1. The second kappa shape index (κ2) is 2.37. The summed E-state index contributed by atoms with van der Waals surface area (Å²) >= 11 is 0. The SMILES string of the molecule is NC1CC(N)(N)NC(N)(N)C1. The van der Waals surface area contributed by atoms with Crippen molar-refractivity contribution in [2.45, 2.75) is 30.5 Å². The standard InChI is InChI=1S/C5H16N6/c6-3-1-4(7,8)11-5(9,10)2-3/h3,11H,1-2,6-10H2. The highest BCUT2D eigenvalue weighted by Gasteiger charge is 2.38. The zero-order valence-corrected chi connectivity index (χ0v) is 6.38. The minimum absolute atomic E-state index is 0.138. The number of nitrogens with one attached hydrogen (secondary N) is 1. The lowest BCUT2D eigenvalue weighted by Gasteiger charge is -2.43. The average Bonchev–Trinajstić information content (AvgIpc) is 1.49. The van der Waals surface area contributed by atoms with E-state index in [1.165, 1.54) is 0 Å². The molecule has 1 saturated heterocycles. The Morgan fingerprint density at radius 3 is 1.64 bits per heavy atom. The first-order chi connectivity index (χ1) is 4.81. The summed E-state index contributed by atoms with van der Waals surface area (Å²) in [6.07, 6.45) is 0.951. The van der Waals surface area contributed by atoms with Gasteiger partial charge in [0.05, 0.1) is 0 Å². The molecule has 0 spiro atoms. The molecule has 66 valence electrons. The van der Waals surface area contributed by atoms with Crippen LogP contribution in [0, 0.1) is 0 Å². The van der Waals surface area contributed by atoms with Crippen LogP contribution in [0.5, 0.6) is 0 Å². The third-order valence-electron chi connectivity index (χ3n) is 1.67. The predicted molar refractivity (Wildman–Crippen MR) is 42.6 cm³/mol. The van der Waals surface area contributed by atoms with Gasteiger partial charge >= 0.3 is 0 Å². The second-order valence-electron chi connectivity index (χ2n) is 3.37. The van der Waals surface area contributed by atoms with E-state index < -0.39 is 11.6 Å². The molecule has 1 fully saturated rings. The molecule has 0 amide bonds. The number of hydrogen-bond donors (Lipinski definition) is 6. The largest absolute Gasteiger partial charge is 0.327 e. The molecule has 11 N–H and O–H groups in total. The molecule has 0 aromatic carbocycles. The van der Waals surface area contributed by atoms with E-state index in [-0.39, 0.29) is 6.04 Å². The van der Waals surface area contributed by atoms with Crippen molar-refractivity contribution in [2.75, 3.05) is 0 Å². The normalized spacial score (nSPS) is 30.3. The minimum Gasteiger partial charge on any atom is -0.327 e. The maximum Gasteiger partial charge on any atom is 0.122 e. The van der Waals surface area contributed by atoms with E-state index in [1.54, 1.807) is 0 Å². The smallest absolute Gasteiger partial charge is 0.122 e. The summed E-state index contributed by atoms with van der Waals surface area (Å²) in [7, 11) is 0. The molecule has 1 rings (SSSR count). The van der Waals surface area contributed by atoms with Gasteiger partial charge in [-0.2, -0.15) is 0 Å². The maximum absolute atomic E-state index is 5.63. The minimum atomic E-state index is -1.04. The van der Waals surface area contributed by atoms with Gasteiger partial charge < -0.3 is 28.7 Å². The fraction of sp³-hybridized carbons (Fsp3) is 1.00. The first-order valence-corrected chi connectivity index (χ1v) is 3.51. The van der Waals surface area contributed by atoms with Gasteiger partial charge in [0.1, 0.15) is 11.6 Å². The van der Waals surface area contributed by atoms with Crippen LogP contribution in [0.2, 0.25) is 0 Å². The van der Waals surface area contributed by atoms with E-state index in [0.29, 0.717) is 12.8 Å². The summed E-state index contributed by atoms with van der Waals surface area (Å²) in [5.74, 6) is -2.08. The summed E-state index contributed by atoms with van der Waals surface area (Å²) in [6, 6.07) is -0.138. The van der Waals surface area contributed by atoms with Crippen molar-refractivity contribution in [1.29, 1.82) is 0 Å². The van der Waals surface area contributed by atoms with Crippen LogP contribution in [0.1, 0.15) is 12.8 Å². The van der Waals surface area contributed by atoms with Crippen molar-refractivity contribution in [1.82, 2.24) is 5.32 Å². The van der Waals surface area contributed by atoms with Gasteiger partial charge in [0.2, 0.25) is 0 Å². The van der Waals surface area contributed by atoms with E-state index in [0.717, 1.165) is 0 Å². The van der Waals surface area contributed by atoms with Gasteiger partial charge in [0.15, 0.2) is 0 Å². The van der Waals surface area contributed by atoms with Crippen molar-refractivity contribution >= 4 is 0 Å². The number of hydrogen-bond acceptors (Lipinski definition) is 6. The Morgan fingerprint density at radius 2 is 1.36 bits per heavy atom. The van der Waals surface area contributed by atoms with Gasteiger partial charge in [-0.05, 0) is 0 Å². The van der Waals surface area contributed by atoms with E-state index in [4.69, 9.17) is 28.7 Å². The molecular weight excluding hydrogens is 144 g/mol. The Balaban J connectivity index is 2.66. The van der Waals surface area contributed by atoms with Crippen LogP contribution in [0.3, 0.4) is 0 Å². The number of rotatable bonds is 0. The molecule has 1 heterocycles. The monoisotopic (exact) mass is 160 g/mol. The van der Waals surface area contributed by atoms with Crippen LogP contribution >= 0.6 is 0 Å². The van der Waals surface area contributed by atoms with Crippen LogP contribution in [0.25, 0.3) is 0 Å². The van der Waals surface area contributed by atoms with E-state index in [1.807, 2.05) is 0 Å². The first-order valence-electron chi connectivity index (χ1n) is 3.51.